The fraction of sp³-hybridized carbons (Fsp3) is 0.478. The fourth-order valence-electron chi connectivity index (χ4n) is 4.39. The summed E-state index contributed by atoms with van der Waals surface area (Å²) in [6.07, 6.45) is 0.307. The molecule has 0 radical (unpaired) electrons. The zero-order chi connectivity index (χ0) is 24.7. The Labute approximate surface area is 199 Å². The van der Waals surface area contributed by atoms with E-state index in [0.29, 0.717) is 16.7 Å². The van der Waals surface area contributed by atoms with E-state index >= 15 is 0 Å². The van der Waals surface area contributed by atoms with Crippen molar-refractivity contribution in [3.05, 3.63) is 48.5 Å². The third-order valence-corrected chi connectivity index (χ3v) is 8.30. The number of anilines is 1. The summed E-state index contributed by atoms with van der Waals surface area (Å²) in [5, 5.41) is 22.7. The molecular weight excluding hydrogens is 454 g/mol. The Kier molecular flexibility index (Phi) is 6.58. The lowest BCUT2D eigenvalue weighted by Gasteiger charge is -2.41. The third kappa shape index (κ3) is 4.25. The number of aliphatic hydroxyl groups excluding tert-OH is 2. The SMILES string of the molecule is C[SiH](C)[C@@]1(n2cnc3c(NC(=O)c4ccccc4)ncnc32)O[C@H](CO)[C@@H](O)[C@H]1OC(C)(C)C. The van der Waals surface area contributed by atoms with Crippen molar-refractivity contribution < 1.29 is 24.5 Å². The summed E-state index contributed by atoms with van der Waals surface area (Å²) in [6.45, 7) is 9.53. The number of nitrogens with zero attached hydrogens (tertiary/aromatic N) is 4. The van der Waals surface area contributed by atoms with Crippen molar-refractivity contribution in [1.29, 1.82) is 0 Å². The number of hydrogen-bond acceptors (Lipinski definition) is 8. The highest BCUT2D eigenvalue weighted by Gasteiger charge is 2.60. The highest BCUT2D eigenvalue weighted by atomic mass is 28.3. The molecule has 0 aliphatic carbocycles. The molecule has 0 bridgehead atoms. The van der Waals surface area contributed by atoms with Crippen LogP contribution in [0.5, 0.6) is 0 Å². The number of rotatable bonds is 6. The van der Waals surface area contributed by atoms with Gasteiger partial charge in [-0.1, -0.05) is 31.3 Å². The maximum absolute atomic E-state index is 12.7. The van der Waals surface area contributed by atoms with Crippen LogP contribution in [0, 0.1) is 0 Å². The van der Waals surface area contributed by atoms with Gasteiger partial charge in [-0.2, -0.15) is 0 Å². The Bertz CT molecular complexity index is 1170. The second kappa shape index (κ2) is 9.15. The second-order valence-electron chi connectivity index (χ2n) is 9.72. The Hall–Kier alpha value is -2.70. The quantitative estimate of drug-likeness (QED) is 0.450. The van der Waals surface area contributed by atoms with Crippen LogP contribution < -0.4 is 5.32 Å². The molecule has 4 rings (SSSR count). The van der Waals surface area contributed by atoms with Gasteiger partial charge in [-0.15, -0.1) is 0 Å². The number of benzene rings is 1. The zero-order valence-corrected chi connectivity index (χ0v) is 21.1. The molecule has 1 aromatic carbocycles. The molecule has 3 aromatic rings. The lowest BCUT2D eigenvalue weighted by molar-refractivity contribution is -0.152. The fourth-order valence-corrected chi connectivity index (χ4v) is 6.50. The number of aliphatic hydroxyl groups is 2. The molecule has 1 saturated heterocycles. The van der Waals surface area contributed by atoms with Crippen LogP contribution in [0.3, 0.4) is 0 Å². The Morgan fingerprint density at radius 1 is 1.24 bits per heavy atom. The number of nitrogens with one attached hydrogen (secondary N) is 1. The van der Waals surface area contributed by atoms with E-state index in [2.05, 4.69) is 33.4 Å². The molecule has 1 amide bonds. The third-order valence-electron chi connectivity index (χ3n) is 5.90. The molecule has 1 aliphatic rings. The Morgan fingerprint density at radius 3 is 2.56 bits per heavy atom. The van der Waals surface area contributed by atoms with E-state index in [1.807, 2.05) is 26.8 Å². The van der Waals surface area contributed by atoms with Crippen molar-refractivity contribution in [3.63, 3.8) is 0 Å². The van der Waals surface area contributed by atoms with Crippen LogP contribution in [-0.2, 0) is 14.8 Å². The van der Waals surface area contributed by atoms with E-state index in [0.717, 1.165) is 0 Å². The van der Waals surface area contributed by atoms with Crippen LogP contribution >= 0.6 is 0 Å². The number of amides is 1. The molecule has 34 heavy (non-hydrogen) atoms. The number of aromatic nitrogens is 4. The molecule has 1 fully saturated rings. The van der Waals surface area contributed by atoms with E-state index in [4.69, 9.17) is 9.47 Å². The normalized spacial score (nSPS) is 25.2. The molecular formula is C23H31N5O5Si. The summed E-state index contributed by atoms with van der Waals surface area (Å²) in [5.41, 5.74) is 0.744. The monoisotopic (exact) mass is 485 g/mol. The van der Waals surface area contributed by atoms with Gasteiger partial charge in [0.2, 0.25) is 0 Å². The molecule has 3 heterocycles. The van der Waals surface area contributed by atoms with Gasteiger partial charge in [0.15, 0.2) is 22.3 Å². The Balaban J connectivity index is 1.81. The number of hydrogen-bond donors (Lipinski definition) is 3. The molecule has 10 nitrogen and oxygen atoms in total. The first-order chi connectivity index (χ1) is 16.1. The van der Waals surface area contributed by atoms with E-state index in [1.54, 1.807) is 35.2 Å². The van der Waals surface area contributed by atoms with Gasteiger partial charge in [0.05, 0.1) is 27.3 Å². The van der Waals surface area contributed by atoms with Gasteiger partial charge in [0.1, 0.15) is 24.6 Å². The molecule has 0 saturated carbocycles. The highest BCUT2D eigenvalue weighted by Crippen LogP contribution is 2.43. The van der Waals surface area contributed by atoms with Crippen molar-refractivity contribution in [2.45, 2.75) is 63.1 Å². The van der Waals surface area contributed by atoms with E-state index in [-0.39, 0.29) is 18.3 Å². The predicted octanol–water partition coefficient (Wildman–Crippen LogP) is 1.69. The summed E-state index contributed by atoms with van der Waals surface area (Å²) in [7, 11) is -1.83. The first-order valence-electron chi connectivity index (χ1n) is 11.3. The molecule has 3 N–H and O–H groups in total. The standard InChI is InChI=1S/C23H31N5O5Si/c1-22(2,3)33-18-17(30)15(11-29)32-23(18,34(4)5)28-13-26-16-19(24-12-25-20(16)28)27-21(31)14-9-7-6-8-10-14/h6-10,12-13,15,17-18,29-30,34H,11H2,1-5H3,(H,24,25,27,31)/t15-,17-,18-,23+/m1/s1. The van der Waals surface area contributed by atoms with Gasteiger partial charge in [-0.05, 0) is 32.9 Å². The minimum Gasteiger partial charge on any atom is -0.394 e. The smallest absolute Gasteiger partial charge is 0.256 e. The topological polar surface area (TPSA) is 132 Å². The average molecular weight is 486 g/mol. The number of fused-ring (bicyclic) bond motifs is 1. The van der Waals surface area contributed by atoms with E-state index < -0.39 is 38.1 Å². The molecule has 1 aliphatic heterocycles. The van der Waals surface area contributed by atoms with Crippen LogP contribution in [0.1, 0.15) is 31.1 Å². The molecule has 4 atom stereocenters. The molecule has 2 aromatic heterocycles. The number of carbonyl (C=O) groups excluding carboxylic acids is 1. The van der Waals surface area contributed by atoms with Crippen LogP contribution in [0.2, 0.25) is 13.1 Å². The predicted molar refractivity (Wildman–Crippen MR) is 129 cm³/mol. The first kappa shape index (κ1) is 24.4. The molecule has 11 heteroatoms. The zero-order valence-electron chi connectivity index (χ0n) is 20.0. The van der Waals surface area contributed by atoms with Gasteiger partial charge < -0.3 is 25.0 Å². The average Bonchev–Trinajstić information content (AvgIpc) is 3.34. The summed E-state index contributed by atoms with van der Waals surface area (Å²) in [4.78, 5) is 25.9. The van der Waals surface area contributed by atoms with Crippen LogP contribution in [0.4, 0.5) is 5.82 Å². The lowest BCUT2D eigenvalue weighted by atomic mass is 10.1. The molecule has 0 unspecified atom stereocenters. The van der Waals surface area contributed by atoms with Gasteiger partial charge in [0.25, 0.3) is 5.91 Å². The van der Waals surface area contributed by atoms with Crippen molar-refractivity contribution in [3.8, 4) is 0 Å². The molecule has 0 spiro atoms. The van der Waals surface area contributed by atoms with Gasteiger partial charge in [0, 0.05) is 5.56 Å². The van der Waals surface area contributed by atoms with Crippen LogP contribution in [0.25, 0.3) is 11.2 Å². The minimum absolute atomic E-state index is 0.267. The maximum atomic E-state index is 12.7. The minimum atomic E-state index is -1.83. The van der Waals surface area contributed by atoms with Crippen molar-refractivity contribution in [1.82, 2.24) is 19.5 Å². The van der Waals surface area contributed by atoms with E-state index in [9.17, 15) is 15.0 Å². The Morgan fingerprint density at radius 2 is 1.94 bits per heavy atom. The van der Waals surface area contributed by atoms with Gasteiger partial charge >= 0.3 is 0 Å². The van der Waals surface area contributed by atoms with Gasteiger partial charge in [-0.25, -0.2) is 15.0 Å². The summed E-state index contributed by atoms with van der Waals surface area (Å²) in [5.74, 6) is -0.0476. The first-order valence-corrected chi connectivity index (χ1v) is 14.2. The highest BCUT2D eigenvalue weighted by molar-refractivity contribution is 6.58. The number of imidazole rings is 1. The van der Waals surface area contributed by atoms with Crippen molar-refractivity contribution in [2.75, 3.05) is 11.9 Å². The number of ether oxygens (including phenoxy) is 2. The van der Waals surface area contributed by atoms with Crippen LogP contribution in [0.15, 0.2) is 43.0 Å². The van der Waals surface area contributed by atoms with E-state index in [1.165, 1.54) is 6.33 Å². The second-order valence-corrected chi connectivity index (χ2v) is 12.9. The molecule has 182 valence electrons. The lowest BCUT2D eigenvalue weighted by Crippen LogP contribution is -2.57. The summed E-state index contributed by atoms with van der Waals surface area (Å²) >= 11 is 0. The van der Waals surface area contributed by atoms with Crippen LogP contribution in [-0.4, -0.2) is 75.0 Å². The number of carbonyl (C=O) groups is 1. The maximum Gasteiger partial charge on any atom is 0.256 e. The van der Waals surface area contributed by atoms with Crippen molar-refractivity contribution in [2.24, 2.45) is 0 Å². The largest absolute Gasteiger partial charge is 0.394 e. The van der Waals surface area contributed by atoms with Gasteiger partial charge in [-0.3, -0.25) is 9.36 Å². The summed E-state index contributed by atoms with van der Waals surface area (Å²) < 4.78 is 14.5. The van der Waals surface area contributed by atoms with Crippen molar-refractivity contribution >= 4 is 31.7 Å². The summed E-state index contributed by atoms with van der Waals surface area (Å²) in [6, 6.07) is 8.83.